The van der Waals surface area contributed by atoms with E-state index in [4.69, 9.17) is 4.74 Å². The number of fused-ring (bicyclic) bond motifs is 1. The van der Waals surface area contributed by atoms with Crippen molar-refractivity contribution in [3.05, 3.63) is 65.4 Å². The molecule has 4 rings (SSSR count). The van der Waals surface area contributed by atoms with E-state index >= 15 is 0 Å². The molecule has 2 saturated heterocycles. The molecule has 0 spiro atoms. The van der Waals surface area contributed by atoms with Crippen LogP contribution in [0, 0.1) is 0 Å². The van der Waals surface area contributed by atoms with Crippen LogP contribution in [0.3, 0.4) is 0 Å². The van der Waals surface area contributed by atoms with Gasteiger partial charge in [-0.15, -0.1) is 0 Å². The number of nitrogens with zero attached hydrogens (tertiary/aromatic N) is 1. The Hall–Kier alpha value is -2.10. The molecule has 2 unspecified atom stereocenters. The van der Waals surface area contributed by atoms with Crippen LogP contribution in [0.1, 0.15) is 95.9 Å². The molecule has 3 heterocycles. The third-order valence-electron chi connectivity index (χ3n) is 7.66. The van der Waals surface area contributed by atoms with E-state index < -0.39 is 0 Å². The van der Waals surface area contributed by atoms with E-state index in [0.717, 1.165) is 0 Å². The zero-order valence-electron chi connectivity index (χ0n) is 22.2. The normalized spacial score (nSPS) is 25.1. The molecule has 2 aliphatic rings. The van der Waals surface area contributed by atoms with Crippen molar-refractivity contribution in [3.8, 4) is 0 Å². The van der Waals surface area contributed by atoms with Gasteiger partial charge in [-0.2, -0.15) is 0 Å². The van der Waals surface area contributed by atoms with E-state index in [2.05, 4.69) is 88.4 Å². The second-order valence-corrected chi connectivity index (χ2v) is 11.1. The fourth-order valence-electron chi connectivity index (χ4n) is 6.22. The summed E-state index contributed by atoms with van der Waals surface area (Å²) in [6.07, 6.45) is 11.9. The van der Waals surface area contributed by atoms with E-state index in [1.165, 1.54) is 77.6 Å². The molecule has 1 aromatic carbocycles. The molecular weight excluding hydrogens is 416 g/mol. The summed E-state index contributed by atoms with van der Waals surface area (Å²) >= 11 is 0. The van der Waals surface area contributed by atoms with Crippen LogP contribution in [0.15, 0.2) is 48.6 Å². The summed E-state index contributed by atoms with van der Waals surface area (Å²) in [5.41, 5.74) is 7.91. The molecule has 0 bridgehead atoms. The highest BCUT2D eigenvalue weighted by molar-refractivity contribution is 5.92. The van der Waals surface area contributed by atoms with Crippen molar-refractivity contribution >= 4 is 16.5 Å². The first-order valence-corrected chi connectivity index (χ1v) is 13.3. The molecule has 0 radical (unpaired) electrons. The number of likely N-dealkylation sites (tertiary alicyclic amines) is 1. The number of ether oxygens (including phenoxy) is 1. The SMILES string of the molecule is C=C/C=C(\C=C(C)C)c1[nH]c2ccc(C3CCN(C4CC(C)OC(C)C4)CC3)cc2c1C(C)C. The van der Waals surface area contributed by atoms with Crippen molar-refractivity contribution in [2.75, 3.05) is 13.1 Å². The molecule has 3 nitrogen and oxygen atoms in total. The van der Waals surface area contributed by atoms with Crippen LogP contribution in [0.4, 0.5) is 0 Å². The zero-order valence-corrected chi connectivity index (χ0v) is 22.2. The number of piperidine rings is 1. The van der Waals surface area contributed by atoms with Gasteiger partial charge in [0, 0.05) is 22.6 Å². The van der Waals surface area contributed by atoms with Gasteiger partial charge < -0.3 is 14.6 Å². The number of allylic oxidation sites excluding steroid dienone is 5. The minimum atomic E-state index is 0.387. The van der Waals surface area contributed by atoms with Gasteiger partial charge in [0.2, 0.25) is 0 Å². The van der Waals surface area contributed by atoms with Gasteiger partial charge in [-0.25, -0.2) is 0 Å². The van der Waals surface area contributed by atoms with Crippen molar-refractivity contribution in [2.24, 2.45) is 0 Å². The summed E-state index contributed by atoms with van der Waals surface area (Å²) in [5, 5.41) is 1.38. The van der Waals surface area contributed by atoms with Crippen LogP contribution in [0.5, 0.6) is 0 Å². The van der Waals surface area contributed by atoms with Crippen LogP contribution < -0.4 is 0 Å². The average Bonchev–Trinajstić information content (AvgIpc) is 3.17. The van der Waals surface area contributed by atoms with E-state index in [9.17, 15) is 0 Å². The average molecular weight is 461 g/mol. The highest BCUT2D eigenvalue weighted by Crippen LogP contribution is 2.38. The van der Waals surface area contributed by atoms with Crippen LogP contribution in [0.2, 0.25) is 0 Å². The standard InChI is InChI=1S/C31H44N2O/c1-8-9-26(16-20(2)3)31-30(21(4)5)28-19-25(10-11-29(28)32-31)24-12-14-33(15-13-24)27-17-22(6)34-23(7)18-27/h8-11,16,19,21-24,27,32H,1,12-15,17-18H2,2-7H3/b26-9+. The predicted octanol–water partition coefficient (Wildman–Crippen LogP) is 7.96. The van der Waals surface area contributed by atoms with Crippen molar-refractivity contribution in [1.29, 1.82) is 0 Å². The Balaban J connectivity index is 1.58. The lowest BCUT2D eigenvalue weighted by atomic mass is 9.86. The molecule has 2 aliphatic heterocycles. The van der Waals surface area contributed by atoms with Crippen molar-refractivity contribution < 1.29 is 4.74 Å². The molecule has 2 atom stereocenters. The monoisotopic (exact) mass is 460 g/mol. The lowest BCUT2D eigenvalue weighted by Gasteiger charge is -2.42. The number of aromatic amines is 1. The Morgan fingerprint density at radius 1 is 1.12 bits per heavy atom. The number of rotatable bonds is 6. The topological polar surface area (TPSA) is 28.3 Å². The number of nitrogens with one attached hydrogen (secondary N) is 1. The van der Waals surface area contributed by atoms with Gasteiger partial charge in [0.25, 0.3) is 0 Å². The quantitative estimate of drug-likeness (QED) is 0.443. The van der Waals surface area contributed by atoms with E-state index in [1.807, 2.05) is 6.08 Å². The van der Waals surface area contributed by atoms with Crippen LogP contribution in [-0.4, -0.2) is 41.2 Å². The maximum atomic E-state index is 5.98. The van der Waals surface area contributed by atoms with E-state index in [0.29, 0.717) is 30.1 Å². The highest BCUT2D eigenvalue weighted by Gasteiger charge is 2.32. The number of benzene rings is 1. The molecule has 184 valence electrons. The molecule has 2 fully saturated rings. The van der Waals surface area contributed by atoms with E-state index in [1.54, 1.807) is 0 Å². The summed E-state index contributed by atoms with van der Waals surface area (Å²) in [6, 6.07) is 7.84. The fraction of sp³-hybridized carbons (Fsp3) is 0.548. The predicted molar refractivity (Wildman–Crippen MR) is 147 cm³/mol. The fourth-order valence-corrected chi connectivity index (χ4v) is 6.22. The number of hydrogen-bond acceptors (Lipinski definition) is 2. The van der Waals surface area contributed by atoms with Crippen molar-refractivity contribution in [2.45, 2.75) is 97.3 Å². The third-order valence-corrected chi connectivity index (χ3v) is 7.66. The summed E-state index contributed by atoms with van der Waals surface area (Å²) < 4.78 is 5.98. The van der Waals surface area contributed by atoms with Gasteiger partial charge >= 0.3 is 0 Å². The van der Waals surface area contributed by atoms with Gasteiger partial charge in [-0.3, -0.25) is 0 Å². The summed E-state index contributed by atoms with van der Waals surface area (Å²) in [5.74, 6) is 1.09. The zero-order chi connectivity index (χ0) is 24.4. The lowest BCUT2D eigenvalue weighted by Crippen LogP contribution is -2.47. The first-order chi connectivity index (χ1) is 16.3. The summed E-state index contributed by atoms with van der Waals surface area (Å²) in [4.78, 5) is 6.48. The highest BCUT2D eigenvalue weighted by atomic mass is 16.5. The lowest BCUT2D eigenvalue weighted by molar-refractivity contribution is -0.0683. The number of hydrogen-bond donors (Lipinski definition) is 1. The van der Waals surface area contributed by atoms with Gasteiger partial charge in [0.1, 0.15) is 0 Å². The Kier molecular flexibility index (Phi) is 7.84. The Morgan fingerprint density at radius 2 is 1.79 bits per heavy atom. The van der Waals surface area contributed by atoms with Gasteiger partial charge in [0.05, 0.1) is 12.2 Å². The Morgan fingerprint density at radius 3 is 2.38 bits per heavy atom. The maximum Gasteiger partial charge on any atom is 0.0565 e. The number of H-pyrrole nitrogens is 1. The second kappa shape index (κ2) is 10.7. The Bertz CT molecular complexity index is 1050. The molecule has 0 saturated carbocycles. The maximum absolute atomic E-state index is 5.98. The smallest absolute Gasteiger partial charge is 0.0565 e. The molecule has 0 aliphatic carbocycles. The minimum Gasteiger partial charge on any atom is -0.375 e. The van der Waals surface area contributed by atoms with Gasteiger partial charge in [-0.1, -0.05) is 50.3 Å². The second-order valence-electron chi connectivity index (χ2n) is 11.1. The van der Waals surface area contributed by atoms with Crippen LogP contribution >= 0.6 is 0 Å². The molecule has 1 N–H and O–H groups in total. The summed E-state index contributed by atoms with van der Waals surface area (Å²) in [7, 11) is 0. The first kappa shape index (κ1) is 25.0. The molecular formula is C31H44N2O. The molecule has 2 aromatic rings. The van der Waals surface area contributed by atoms with Gasteiger partial charge in [-0.05, 0) is 107 Å². The Labute approximate surface area is 207 Å². The third kappa shape index (κ3) is 5.42. The molecule has 34 heavy (non-hydrogen) atoms. The molecule has 1 aromatic heterocycles. The van der Waals surface area contributed by atoms with Crippen molar-refractivity contribution in [3.63, 3.8) is 0 Å². The number of aromatic nitrogens is 1. The summed E-state index contributed by atoms with van der Waals surface area (Å²) in [6.45, 7) is 19.7. The molecule has 3 heteroatoms. The van der Waals surface area contributed by atoms with Gasteiger partial charge in [0.15, 0.2) is 0 Å². The largest absolute Gasteiger partial charge is 0.375 e. The van der Waals surface area contributed by atoms with Crippen LogP contribution in [0.25, 0.3) is 16.5 Å². The molecule has 0 amide bonds. The first-order valence-electron chi connectivity index (χ1n) is 13.3. The minimum absolute atomic E-state index is 0.387. The van der Waals surface area contributed by atoms with E-state index in [-0.39, 0.29) is 0 Å². The van der Waals surface area contributed by atoms with Crippen LogP contribution in [-0.2, 0) is 4.74 Å². The van der Waals surface area contributed by atoms with Crippen molar-refractivity contribution in [1.82, 2.24) is 9.88 Å².